The number of alkyl halides is 3. The Morgan fingerprint density at radius 3 is 2.32 bits per heavy atom. The van der Waals surface area contributed by atoms with Crippen LogP contribution in [0.3, 0.4) is 0 Å². The van der Waals surface area contributed by atoms with Crippen LogP contribution in [0.4, 0.5) is 32.4 Å². The summed E-state index contributed by atoms with van der Waals surface area (Å²) < 4.78 is 101. The van der Waals surface area contributed by atoms with Gasteiger partial charge >= 0.3 is 22.3 Å². The molecule has 37 heavy (non-hydrogen) atoms. The molecule has 0 aliphatic heterocycles. The number of rotatable bonds is 9. The Kier molecular flexibility index (Phi) is 8.71. The largest absolute Gasteiger partial charge is 0.416 e. The third-order valence-corrected chi connectivity index (χ3v) is 6.22. The van der Waals surface area contributed by atoms with Gasteiger partial charge in [0.05, 0.1) is 17.9 Å². The predicted molar refractivity (Wildman–Crippen MR) is 123 cm³/mol. The van der Waals surface area contributed by atoms with Crippen LogP contribution in [0.5, 0.6) is 5.75 Å². The molecule has 0 unspecified atom stereocenters. The number of nitrogens with one attached hydrogen (secondary N) is 1. The fourth-order valence-electron chi connectivity index (χ4n) is 3.11. The zero-order valence-corrected chi connectivity index (χ0v) is 20.1. The van der Waals surface area contributed by atoms with Gasteiger partial charge in [0, 0.05) is 26.3 Å². The number of nitrogens with zero attached hydrogens (tertiary/aromatic N) is 1. The van der Waals surface area contributed by atoms with Gasteiger partial charge < -0.3 is 19.1 Å². The number of benzene rings is 3. The lowest BCUT2D eigenvalue weighted by molar-refractivity contribution is -0.137. The summed E-state index contributed by atoms with van der Waals surface area (Å²) in [6.45, 7) is 0.252. The molecule has 7 nitrogen and oxygen atoms in total. The molecule has 3 rings (SSSR count). The minimum absolute atomic E-state index is 0.00132. The number of carbonyl (C=O) groups is 1. The van der Waals surface area contributed by atoms with E-state index < -0.39 is 44.4 Å². The molecule has 0 fully saturated rings. The average Bonchev–Trinajstić information content (AvgIpc) is 2.84. The highest BCUT2D eigenvalue weighted by atomic mass is 32.2. The van der Waals surface area contributed by atoms with Gasteiger partial charge in [-0.15, -0.1) is 0 Å². The fraction of sp³-hybridized carbons (Fsp3) is 0.208. The number of carbonyl (C=O) groups excluding carboxylic acids is 1. The first-order valence-corrected chi connectivity index (χ1v) is 12.0. The van der Waals surface area contributed by atoms with Gasteiger partial charge in [-0.25, -0.2) is 13.6 Å². The predicted octanol–water partition coefficient (Wildman–Crippen LogP) is 5.43. The number of ether oxygens (including phenoxy) is 1. The normalized spacial score (nSPS) is 11.7. The zero-order chi connectivity index (χ0) is 27.2. The summed E-state index contributed by atoms with van der Waals surface area (Å²) in [5.74, 6) is -1.92. The number of methoxy groups -OCH3 is 1. The Balaban J connectivity index is 1.72. The van der Waals surface area contributed by atoms with Crippen LogP contribution >= 0.6 is 0 Å². The molecule has 0 spiro atoms. The Hall–Kier alpha value is -3.71. The van der Waals surface area contributed by atoms with Crippen LogP contribution in [0.15, 0.2) is 71.6 Å². The van der Waals surface area contributed by atoms with Crippen LogP contribution in [0, 0.1) is 11.6 Å². The average molecular weight is 544 g/mol. The van der Waals surface area contributed by atoms with Crippen molar-refractivity contribution in [3.05, 3.63) is 89.5 Å². The standard InChI is InChI=1S/C24H21F5N2O5S/c1-35-12-11-31(23(32)30-22-10-7-18(25)14-21(22)26)15-16-5-8-19(9-6-16)36-37(33,34)20-4-2-3-17(13-20)24(27,28)29/h2-10,13-14H,11-12,15H2,1H3,(H,30,32). The van der Waals surface area contributed by atoms with E-state index in [9.17, 15) is 35.2 Å². The van der Waals surface area contributed by atoms with E-state index in [1.807, 2.05) is 0 Å². The van der Waals surface area contributed by atoms with Crippen molar-refractivity contribution in [1.29, 1.82) is 0 Å². The molecule has 0 atom stereocenters. The molecule has 3 aromatic carbocycles. The molecule has 0 bridgehead atoms. The summed E-state index contributed by atoms with van der Waals surface area (Å²) in [6.07, 6.45) is -4.73. The Labute approximate surface area is 209 Å². The Bertz CT molecular complexity index is 1350. The highest BCUT2D eigenvalue weighted by Gasteiger charge is 2.32. The smallest absolute Gasteiger partial charge is 0.383 e. The number of halogens is 5. The second-order valence-corrected chi connectivity index (χ2v) is 9.22. The van der Waals surface area contributed by atoms with E-state index in [1.165, 1.54) is 36.3 Å². The summed E-state index contributed by atoms with van der Waals surface area (Å²) in [4.78, 5) is 13.3. The first kappa shape index (κ1) is 27.9. The van der Waals surface area contributed by atoms with Gasteiger partial charge in [0.15, 0.2) is 0 Å². The molecule has 13 heteroatoms. The van der Waals surface area contributed by atoms with Crippen molar-refractivity contribution in [2.24, 2.45) is 0 Å². The Morgan fingerprint density at radius 2 is 1.70 bits per heavy atom. The lowest BCUT2D eigenvalue weighted by Gasteiger charge is -2.23. The highest BCUT2D eigenvalue weighted by Crippen LogP contribution is 2.31. The topological polar surface area (TPSA) is 84.9 Å². The number of hydrogen-bond acceptors (Lipinski definition) is 5. The zero-order valence-electron chi connectivity index (χ0n) is 19.3. The van der Waals surface area contributed by atoms with Crippen molar-refractivity contribution in [3.8, 4) is 5.75 Å². The lowest BCUT2D eigenvalue weighted by atomic mass is 10.2. The van der Waals surface area contributed by atoms with Gasteiger partial charge in [-0.2, -0.15) is 21.6 Å². The number of anilines is 1. The van der Waals surface area contributed by atoms with Crippen LogP contribution in [0.25, 0.3) is 0 Å². The van der Waals surface area contributed by atoms with Crippen LogP contribution in [-0.4, -0.2) is 39.6 Å². The quantitative estimate of drug-likeness (QED) is 0.287. The van der Waals surface area contributed by atoms with Gasteiger partial charge in [-0.05, 0) is 48.0 Å². The monoisotopic (exact) mass is 544 g/mol. The third kappa shape index (κ3) is 7.64. The van der Waals surface area contributed by atoms with Gasteiger partial charge in [0.25, 0.3) is 0 Å². The van der Waals surface area contributed by atoms with Crippen molar-refractivity contribution >= 4 is 21.8 Å². The molecule has 0 aliphatic rings. The number of amides is 2. The molecule has 1 N–H and O–H groups in total. The van der Waals surface area contributed by atoms with Crippen molar-refractivity contribution in [2.45, 2.75) is 17.6 Å². The van der Waals surface area contributed by atoms with E-state index in [1.54, 1.807) is 0 Å². The molecule has 2 amide bonds. The van der Waals surface area contributed by atoms with Crippen LogP contribution in [0.2, 0.25) is 0 Å². The molecule has 0 heterocycles. The minimum atomic E-state index is -4.73. The molecular weight excluding hydrogens is 523 g/mol. The van der Waals surface area contributed by atoms with E-state index in [-0.39, 0.29) is 31.1 Å². The first-order valence-electron chi connectivity index (χ1n) is 10.6. The van der Waals surface area contributed by atoms with E-state index in [0.717, 1.165) is 30.3 Å². The number of hydrogen-bond donors (Lipinski definition) is 1. The maximum Gasteiger partial charge on any atom is 0.416 e. The van der Waals surface area contributed by atoms with Crippen LogP contribution in [0.1, 0.15) is 11.1 Å². The van der Waals surface area contributed by atoms with Gasteiger partial charge in [0.2, 0.25) is 0 Å². The van der Waals surface area contributed by atoms with E-state index in [0.29, 0.717) is 17.7 Å². The molecule has 0 aromatic heterocycles. The molecule has 0 radical (unpaired) electrons. The Morgan fingerprint density at radius 1 is 1.00 bits per heavy atom. The van der Waals surface area contributed by atoms with E-state index >= 15 is 0 Å². The molecule has 198 valence electrons. The van der Waals surface area contributed by atoms with Crippen molar-refractivity contribution < 1.29 is 44.1 Å². The third-order valence-electron chi connectivity index (χ3n) is 4.98. The summed E-state index contributed by atoms with van der Waals surface area (Å²) in [5, 5.41) is 2.35. The summed E-state index contributed by atoms with van der Waals surface area (Å²) in [7, 11) is -3.13. The fourth-order valence-corrected chi connectivity index (χ4v) is 4.09. The maximum atomic E-state index is 13.9. The van der Waals surface area contributed by atoms with Gasteiger partial charge in [0.1, 0.15) is 22.3 Å². The van der Waals surface area contributed by atoms with Crippen molar-refractivity contribution in [2.75, 3.05) is 25.6 Å². The van der Waals surface area contributed by atoms with Gasteiger partial charge in [-0.1, -0.05) is 18.2 Å². The van der Waals surface area contributed by atoms with E-state index in [4.69, 9.17) is 8.92 Å². The first-order chi connectivity index (χ1) is 17.4. The summed E-state index contributed by atoms with van der Waals surface area (Å²) in [6, 6.07) is 10.6. The molecule has 0 saturated heterocycles. The second kappa shape index (κ2) is 11.6. The highest BCUT2D eigenvalue weighted by molar-refractivity contribution is 7.87. The maximum absolute atomic E-state index is 13.9. The SMILES string of the molecule is COCCN(Cc1ccc(OS(=O)(=O)c2cccc(C(F)(F)F)c2)cc1)C(=O)Nc1ccc(F)cc1F. The van der Waals surface area contributed by atoms with Crippen LogP contribution in [-0.2, 0) is 27.6 Å². The molecule has 3 aromatic rings. The minimum Gasteiger partial charge on any atom is -0.383 e. The van der Waals surface area contributed by atoms with E-state index in [2.05, 4.69) is 5.32 Å². The summed E-state index contributed by atoms with van der Waals surface area (Å²) in [5.41, 5.74) is -0.838. The second-order valence-electron chi connectivity index (χ2n) is 7.68. The molecule has 0 aliphatic carbocycles. The van der Waals surface area contributed by atoms with Crippen molar-refractivity contribution in [3.63, 3.8) is 0 Å². The number of urea groups is 1. The van der Waals surface area contributed by atoms with Crippen LogP contribution < -0.4 is 9.50 Å². The van der Waals surface area contributed by atoms with Gasteiger partial charge in [-0.3, -0.25) is 0 Å². The van der Waals surface area contributed by atoms with Crippen molar-refractivity contribution in [1.82, 2.24) is 4.90 Å². The summed E-state index contributed by atoms with van der Waals surface area (Å²) >= 11 is 0. The molecular formula is C24H21F5N2O5S. The lowest BCUT2D eigenvalue weighted by Crippen LogP contribution is -2.37. The molecule has 0 saturated carbocycles.